The second-order valence-corrected chi connectivity index (χ2v) is 9.32. The zero-order valence-electron chi connectivity index (χ0n) is 21.3. The van der Waals surface area contributed by atoms with Crippen LogP contribution >= 0.6 is 0 Å². The fraction of sp³-hybridized carbons (Fsp3) is 0.407. The van der Waals surface area contributed by atoms with Gasteiger partial charge in [0.1, 0.15) is 22.7 Å². The number of nitrogens with two attached hydrogens (primary N) is 1. The molecule has 0 spiro atoms. The minimum absolute atomic E-state index is 0.0155. The first-order chi connectivity index (χ1) is 17.4. The molecule has 1 saturated carbocycles. The Kier molecular flexibility index (Phi) is 6.26. The van der Waals surface area contributed by atoms with Crippen LogP contribution in [0.15, 0.2) is 40.1 Å². The number of methoxy groups -OCH3 is 4. The first-order valence-corrected chi connectivity index (χ1v) is 12.0. The summed E-state index contributed by atoms with van der Waals surface area (Å²) in [6.45, 7) is 2.53. The average Bonchev–Trinajstić information content (AvgIpc) is 2.86. The third kappa shape index (κ3) is 3.93. The minimum Gasteiger partial charge on any atom is -0.494 e. The molecule has 2 N–H and O–H groups in total. The summed E-state index contributed by atoms with van der Waals surface area (Å²) in [4.78, 5) is 18.9. The van der Waals surface area contributed by atoms with Crippen molar-refractivity contribution < 1.29 is 18.9 Å². The molecule has 2 heterocycles. The monoisotopic (exact) mass is 492 g/mol. The van der Waals surface area contributed by atoms with Gasteiger partial charge in [0, 0.05) is 30.3 Å². The predicted molar refractivity (Wildman–Crippen MR) is 137 cm³/mol. The van der Waals surface area contributed by atoms with Crippen molar-refractivity contribution in [2.45, 2.75) is 44.8 Å². The fourth-order valence-corrected chi connectivity index (χ4v) is 5.16. The Morgan fingerprint density at radius 3 is 2.08 bits per heavy atom. The molecule has 2 aliphatic rings. The highest BCUT2D eigenvalue weighted by molar-refractivity contribution is 5.70. The van der Waals surface area contributed by atoms with E-state index in [0.717, 1.165) is 35.2 Å². The van der Waals surface area contributed by atoms with Gasteiger partial charge in [0.25, 0.3) is 0 Å². The Morgan fingerprint density at radius 2 is 1.50 bits per heavy atom. The summed E-state index contributed by atoms with van der Waals surface area (Å²) in [5.41, 5.74) is 10.9. The van der Waals surface area contributed by atoms with Gasteiger partial charge < -0.3 is 24.7 Å². The van der Waals surface area contributed by atoms with Gasteiger partial charge in [-0.05, 0) is 61.6 Å². The van der Waals surface area contributed by atoms with Crippen LogP contribution in [-0.2, 0) is 13.0 Å². The van der Waals surface area contributed by atoms with Crippen LogP contribution < -0.4 is 35.9 Å². The number of hydrogen-bond donors (Lipinski definition) is 1. The quantitative estimate of drug-likeness (QED) is 0.567. The van der Waals surface area contributed by atoms with Gasteiger partial charge in [-0.15, -0.1) is 0 Å². The number of nitrogens with zero attached hydrogens (tertiary/aromatic N) is 3. The second kappa shape index (κ2) is 9.39. The van der Waals surface area contributed by atoms with E-state index in [1.807, 2.05) is 41.8 Å². The van der Waals surface area contributed by atoms with E-state index in [1.54, 1.807) is 33.0 Å². The van der Waals surface area contributed by atoms with Crippen LogP contribution in [-0.4, -0.2) is 43.6 Å². The summed E-state index contributed by atoms with van der Waals surface area (Å²) in [6.07, 6.45) is 2.17. The number of aryl methyl sites for hydroxylation is 2. The molecule has 0 saturated heterocycles. The Hall–Kier alpha value is -3.72. The van der Waals surface area contributed by atoms with Crippen LogP contribution in [0.2, 0.25) is 0 Å². The van der Waals surface area contributed by atoms with Crippen molar-refractivity contribution in [2.24, 2.45) is 10.7 Å². The third-order valence-corrected chi connectivity index (χ3v) is 7.10. The van der Waals surface area contributed by atoms with Crippen LogP contribution in [0, 0.1) is 6.92 Å². The Morgan fingerprint density at radius 1 is 0.889 bits per heavy atom. The van der Waals surface area contributed by atoms with E-state index in [2.05, 4.69) is 0 Å². The third-order valence-electron chi connectivity index (χ3n) is 7.10. The van der Waals surface area contributed by atoms with Crippen LogP contribution in [0.25, 0.3) is 11.3 Å². The number of hydrogen-bond acceptors (Lipinski definition) is 7. The number of aromatic nitrogens is 2. The van der Waals surface area contributed by atoms with Gasteiger partial charge in [-0.1, -0.05) is 0 Å². The zero-order chi connectivity index (χ0) is 25.6. The van der Waals surface area contributed by atoms with Gasteiger partial charge in [0.05, 0.1) is 34.1 Å². The van der Waals surface area contributed by atoms with E-state index < -0.39 is 0 Å². The van der Waals surface area contributed by atoms with Crippen LogP contribution in [0.4, 0.5) is 5.69 Å². The lowest BCUT2D eigenvalue weighted by Crippen LogP contribution is -2.50. The molecule has 0 atom stereocenters. The molecule has 9 heteroatoms. The summed E-state index contributed by atoms with van der Waals surface area (Å²) in [6, 6.07) is 9.75. The van der Waals surface area contributed by atoms with E-state index in [0.29, 0.717) is 47.1 Å². The molecule has 36 heavy (non-hydrogen) atoms. The van der Waals surface area contributed by atoms with Gasteiger partial charge in [-0.25, -0.2) is 9.79 Å². The highest BCUT2D eigenvalue weighted by Crippen LogP contribution is 2.40. The summed E-state index contributed by atoms with van der Waals surface area (Å²) in [7, 11) is 6.43. The lowest BCUT2D eigenvalue weighted by molar-refractivity contribution is 0.247. The van der Waals surface area contributed by atoms with E-state index in [9.17, 15) is 4.79 Å². The molecule has 2 aromatic carbocycles. The van der Waals surface area contributed by atoms with Crippen molar-refractivity contribution in [3.8, 4) is 34.3 Å². The van der Waals surface area contributed by atoms with Gasteiger partial charge in [-0.2, -0.15) is 0 Å². The number of rotatable bonds is 6. The molecule has 190 valence electrons. The van der Waals surface area contributed by atoms with Gasteiger partial charge >= 0.3 is 5.69 Å². The van der Waals surface area contributed by atoms with Gasteiger partial charge in [-0.3, -0.25) is 9.13 Å². The smallest absolute Gasteiger partial charge is 0.330 e. The van der Waals surface area contributed by atoms with E-state index in [-0.39, 0.29) is 17.8 Å². The maximum atomic E-state index is 13.9. The highest BCUT2D eigenvalue weighted by Gasteiger charge is 2.31. The van der Waals surface area contributed by atoms with Crippen LogP contribution in [0.5, 0.6) is 23.0 Å². The normalized spacial score (nSPS) is 18.7. The van der Waals surface area contributed by atoms with Crippen molar-refractivity contribution in [1.82, 2.24) is 9.13 Å². The molecule has 1 fully saturated rings. The topological polar surface area (TPSA) is 102 Å². The second-order valence-electron chi connectivity index (χ2n) is 9.32. The number of ether oxygens (including phenoxy) is 4. The molecular formula is C27H32N4O5. The Bertz CT molecular complexity index is 1420. The van der Waals surface area contributed by atoms with E-state index in [4.69, 9.17) is 29.7 Å². The minimum atomic E-state index is -0.103. The van der Waals surface area contributed by atoms with Crippen molar-refractivity contribution >= 4 is 5.69 Å². The van der Waals surface area contributed by atoms with Crippen LogP contribution in [0.3, 0.4) is 0 Å². The maximum Gasteiger partial charge on any atom is 0.330 e. The predicted octanol–water partition coefficient (Wildman–Crippen LogP) is 3.11. The Balaban J connectivity index is 1.81. The molecule has 3 aromatic rings. The average molecular weight is 493 g/mol. The van der Waals surface area contributed by atoms with Crippen molar-refractivity contribution in [1.29, 1.82) is 0 Å². The summed E-state index contributed by atoms with van der Waals surface area (Å²) in [5.74, 6) is 2.43. The molecular weight excluding hydrogens is 460 g/mol. The SMILES string of the molecule is COc1cc2c(cc1OC)-c1cc(=Nc3c(OC)cc(C)cc3OC)n(C3CC(N)C3)c(=O)n1CC2. The van der Waals surface area contributed by atoms with Gasteiger partial charge in [0.2, 0.25) is 0 Å². The lowest BCUT2D eigenvalue weighted by Gasteiger charge is -2.35. The molecule has 9 nitrogen and oxygen atoms in total. The number of benzene rings is 2. The fourth-order valence-electron chi connectivity index (χ4n) is 5.16. The van der Waals surface area contributed by atoms with Gasteiger partial charge in [0.15, 0.2) is 11.5 Å². The molecule has 1 aromatic heterocycles. The standard InChI is InChI=1S/C27H32N4O5/c1-15-8-23(35-4)26(24(9-15)36-5)29-25-14-20-19-13-22(34-3)21(33-2)10-16(19)6-7-30(20)27(32)31(25)18-11-17(28)12-18/h8-10,13-14,17-18H,6-7,11-12,28H2,1-5H3. The molecule has 0 amide bonds. The first-order valence-electron chi connectivity index (χ1n) is 12.0. The maximum absolute atomic E-state index is 13.9. The highest BCUT2D eigenvalue weighted by atomic mass is 16.5. The zero-order valence-corrected chi connectivity index (χ0v) is 21.3. The van der Waals surface area contributed by atoms with Crippen LogP contribution in [0.1, 0.15) is 30.0 Å². The number of fused-ring (bicyclic) bond motifs is 3. The Labute approximate surface area is 209 Å². The summed E-state index contributed by atoms with van der Waals surface area (Å²) < 4.78 is 25.9. The summed E-state index contributed by atoms with van der Waals surface area (Å²) in [5, 5.41) is 0. The van der Waals surface area contributed by atoms with Crippen molar-refractivity contribution in [3.05, 3.63) is 57.4 Å². The largest absolute Gasteiger partial charge is 0.494 e. The van der Waals surface area contributed by atoms with E-state index >= 15 is 0 Å². The molecule has 0 bridgehead atoms. The first kappa shape index (κ1) is 24.0. The molecule has 0 unspecified atom stereocenters. The van der Waals surface area contributed by atoms with Crippen molar-refractivity contribution in [3.63, 3.8) is 0 Å². The molecule has 5 rings (SSSR count). The molecule has 0 radical (unpaired) electrons. The summed E-state index contributed by atoms with van der Waals surface area (Å²) >= 11 is 0. The van der Waals surface area contributed by atoms with E-state index in [1.165, 1.54) is 0 Å². The van der Waals surface area contributed by atoms with Crippen molar-refractivity contribution in [2.75, 3.05) is 28.4 Å². The molecule has 1 aliphatic heterocycles. The molecule has 1 aliphatic carbocycles. The lowest BCUT2D eigenvalue weighted by atomic mass is 9.87.